The summed E-state index contributed by atoms with van der Waals surface area (Å²) in [5, 5.41) is 15.5. The highest BCUT2D eigenvalue weighted by Crippen LogP contribution is 2.31. The lowest BCUT2D eigenvalue weighted by Gasteiger charge is -2.12. The summed E-state index contributed by atoms with van der Waals surface area (Å²) in [6.45, 7) is 1.42. The van der Waals surface area contributed by atoms with Crippen LogP contribution >= 0.6 is 11.8 Å². The summed E-state index contributed by atoms with van der Waals surface area (Å²) in [6.07, 6.45) is 7.03. The third kappa shape index (κ3) is 3.94. The Balaban J connectivity index is 1.44. The minimum absolute atomic E-state index is 0.0106. The molecule has 1 saturated heterocycles. The number of nitrogens with zero attached hydrogens (tertiary/aromatic N) is 4. The molecular weight excluding hydrogens is 290 g/mol. The quantitative estimate of drug-likeness (QED) is 0.794. The lowest BCUT2D eigenvalue weighted by atomic mass is 10.2. The number of aromatic nitrogens is 4. The molecular formula is C13H21N5O2S. The number of nitrogens with one attached hydrogen (secondary N) is 1. The van der Waals surface area contributed by atoms with Crippen molar-refractivity contribution in [1.82, 2.24) is 25.5 Å². The van der Waals surface area contributed by atoms with Gasteiger partial charge in [-0.3, -0.25) is 4.79 Å². The molecule has 1 aliphatic heterocycles. The first-order valence-electron chi connectivity index (χ1n) is 7.62. The Bertz CT molecular complexity index is 469. The molecule has 1 aromatic heterocycles. The van der Waals surface area contributed by atoms with Gasteiger partial charge in [0.15, 0.2) is 0 Å². The molecule has 2 heterocycles. The standard InChI is InChI=1S/C13H21N5O2S/c19-12(14-8-11-6-3-7-20-11)9-21-13-15-16-17-18(13)10-4-1-2-5-10/h10-11H,1-9H2,(H,14,19)/t11-/m0/s1. The van der Waals surface area contributed by atoms with Crippen LogP contribution in [0.1, 0.15) is 44.6 Å². The Morgan fingerprint density at radius 2 is 2.19 bits per heavy atom. The van der Waals surface area contributed by atoms with Gasteiger partial charge in [0, 0.05) is 13.2 Å². The van der Waals surface area contributed by atoms with Crippen LogP contribution in [0.4, 0.5) is 0 Å². The summed E-state index contributed by atoms with van der Waals surface area (Å²) >= 11 is 1.41. The Morgan fingerprint density at radius 1 is 1.33 bits per heavy atom. The third-order valence-corrected chi connectivity index (χ3v) is 4.95. The molecule has 2 aliphatic rings. The van der Waals surface area contributed by atoms with Crippen LogP contribution < -0.4 is 5.32 Å². The SMILES string of the molecule is O=C(CSc1nnnn1C1CCCC1)NC[C@@H]1CCCO1. The van der Waals surface area contributed by atoms with E-state index in [1.807, 2.05) is 4.68 Å². The summed E-state index contributed by atoms with van der Waals surface area (Å²) in [5.41, 5.74) is 0. The van der Waals surface area contributed by atoms with E-state index >= 15 is 0 Å². The largest absolute Gasteiger partial charge is 0.376 e. The Morgan fingerprint density at radius 3 is 2.95 bits per heavy atom. The summed E-state index contributed by atoms with van der Waals surface area (Å²) in [6, 6.07) is 0.400. The lowest BCUT2D eigenvalue weighted by Crippen LogP contribution is -2.33. The molecule has 1 saturated carbocycles. The number of hydrogen-bond acceptors (Lipinski definition) is 6. The third-order valence-electron chi connectivity index (χ3n) is 4.02. The smallest absolute Gasteiger partial charge is 0.230 e. The van der Waals surface area contributed by atoms with Crippen LogP contribution in [-0.2, 0) is 9.53 Å². The molecule has 7 nitrogen and oxygen atoms in total. The molecule has 1 aromatic rings. The van der Waals surface area contributed by atoms with Gasteiger partial charge in [-0.25, -0.2) is 4.68 Å². The number of tetrazole rings is 1. The van der Waals surface area contributed by atoms with Crippen LogP contribution in [0.2, 0.25) is 0 Å². The maximum absolute atomic E-state index is 11.9. The minimum Gasteiger partial charge on any atom is -0.376 e. The predicted molar refractivity (Wildman–Crippen MR) is 78.0 cm³/mol. The second-order valence-electron chi connectivity index (χ2n) is 5.57. The summed E-state index contributed by atoms with van der Waals surface area (Å²) in [5.74, 6) is 0.358. The zero-order valence-electron chi connectivity index (χ0n) is 12.0. The average Bonchev–Trinajstić information content (AvgIpc) is 3.24. The van der Waals surface area contributed by atoms with Crippen molar-refractivity contribution >= 4 is 17.7 Å². The molecule has 0 radical (unpaired) electrons. The van der Waals surface area contributed by atoms with Gasteiger partial charge in [0.2, 0.25) is 11.1 Å². The highest BCUT2D eigenvalue weighted by atomic mass is 32.2. The normalized spacial score (nSPS) is 22.8. The van der Waals surface area contributed by atoms with E-state index in [2.05, 4.69) is 20.8 Å². The molecule has 0 spiro atoms. The molecule has 1 aliphatic carbocycles. The fraction of sp³-hybridized carbons (Fsp3) is 0.846. The number of ether oxygens (including phenoxy) is 1. The number of carbonyl (C=O) groups excluding carboxylic acids is 1. The van der Waals surface area contributed by atoms with Crippen molar-refractivity contribution in [3.8, 4) is 0 Å². The molecule has 0 aromatic carbocycles. The maximum Gasteiger partial charge on any atom is 0.230 e. The van der Waals surface area contributed by atoms with Gasteiger partial charge in [-0.2, -0.15) is 0 Å². The fourth-order valence-corrected chi connectivity index (χ4v) is 3.65. The van der Waals surface area contributed by atoms with E-state index in [9.17, 15) is 4.79 Å². The lowest BCUT2D eigenvalue weighted by molar-refractivity contribution is -0.119. The highest BCUT2D eigenvalue weighted by molar-refractivity contribution is 7.99. The number of rotatable bonds is 6. The molecule has 1 amide bonds. The van der Waals surface area contributed by atoms with E-state index in [1.165, 1.54) is 24.6 Å². The predicted octanol–water partition coefficient (Wildman–Crippen LogP) is 1.18. The number of thioether (sulfide) groups is 1. The van der Waals surface area contributed by atoms with E-state index in [4.69, 9.17) is 4.74 Å². The van der Waals surface area contributed by atoms with Gasteiger partial charge in [0.25, 0.3) is 0 Å². The van der Waals surface area contributed by atoms with Crippen molar-refractivity contribution < 1.29 is 9.53 Å². The van der Waals surface area contributed by atoms with Crippen LogP contribution in [0.5, 0.6) is 0 Å². The van der Waals surface area contributed by atoms with Crippen molar-refractivity contribution in [3.63, 3.8) is 0 Å². The highest BCUT2D eigenvalue weighted by Gasteiger charge is 2.22. The van der Waals surface area contributed by atoms with Crippen LogP contribution in [0.3, 0.4) is 0 Å². The zero-order chi connectivity index (χ0) is 14.5. The van der Waals surface area contributed by atoms with Gasteiger partial charge in [-0.05, 0) is 36.1 Å². The Hall–Kier alpha value is -1.15. The monoisotopic (exact) mass is 311 g/mol. The van der Waals surface area contributed by atoms with Crippen molar-refractivity contribution in [2.75, 3.05) is 18.9 Å². The molecule has 0 bridgehead atoms. The zero-order valence-corrected chi connectivity index (χ0v) is 12.8. The molecule has 8 heteroatoms. The van der Waals surface area contributed by atoms with E-state index < -0.39 is 0 Å². The topological polar surface area (TPSA) is 81.9 Å². The van der Waals surface area contributed by atoms with Crippen LogP contribution in [0.25, 0.3) is 0 Å². The first kappa shape index (κ1) is 14.8. The molecule has 0 unspecified atom stereocenters. The Kier molecular flexibility index (Phi) is 5.08. The summed E-state index contributed by atoms with van der Waals surface area (Å²) < 4.78 is 7.36. The van der Waals surface area contributed by atoms with Gasteiger partial charge in [0.1, 0.15) is 0 Å². The fourth-order valence-electron chi connectivity index (χ4n) is 2.87. The second-order valence-corrected chi connectivity index (χ2v) is 6.51. The van der Waals surface area contributed by atoms with Crippen molar-refractivity contribution in [1.29, 1.82) is 0 Å². The molecule has 1 atom stereocenters. The van der Waals surface area contributed by atoms with Crippen LogP contribution in [-0.4, -0.2) is 51.1 Å². The average molecular weight is 311 g/mol. The second kappa shape index (κ2) is 7.22. The van der Waals surface area contributed by atoms with Crippen molar-refractivity contribution in [2.45, 2.75) is 55.8 Å². The van der Waals surface area contributed by atoms with Crippen LogP contribution in [0, 0.1) is 0 Å². The number of amides is 1. The van der Waals surface area contributed by atoms with E-state index in [0.717, 1.165) is 37.4 Å². The summed E-state index contributed by atoms with van der Waals surface area (Å²) in [7, 11) is 0. The molecule has 2 fully saturated rings. The minimum atomic E-state index is 0.0106. The van der Waals surface area contributed by atoms with E-state index in [0.29, 0.717) is 18.3 Å². The van der Waals surface area contributed by atoms with Crippen molar-refractivity contribution in [3.05, 3.63) is 0 Å². The first-order chi connectivity index (χ1) is 10.3. The number of carbonyl (C=O) groups is 1. The molecule has 1 N–H and O–H groups in total. The molecule has 21 heavy (non-hydrogen) atoms. The van der Waals surface area contributed by atoms with Gasteiger partial charge in [0.05, 0.1) is 17.9 Å². The molecule has 3 rings (SSSR count). The van der Waals surface area contributed by atoms with E-state index in [-0.39, 0.29) is 12.0 Å². The Labute approximate surface area is 128 Å². The number of hydrogen-bond donors (Lipinski definition) is 1. The van der Waals surface area contributed by atoms with Gasteiger partial charge < -0.3 is 10.1 Å². The first-order valence-corrected chi connectivity index (χ1v) is 8.60. The summed E-state index contributed by atoms with van der Waals surface area (Å²) in [4.78, 5) is 11.9. The van der Waals surface area contributed by atoms with Crippen molar-refractivity contribution in [2.24, 2.45) is 0 Å². The van der Waals surface area contributed by atoms with E-state index in [1.54, 1.807) is 0 Å². The maximum atomic E-state index is 11.9. The van der Waals surface area contributed by atoms with Gasteiger partial charge >= 0.3 is 0 Å². The van der Waals surface area contributed by atoms with Gasteiger partial charge in [-0.15, -0.1) is 5.10 Å². The molecule has 116 valence electrons. The van der Waals surface area contributed by atoms with Gasteiger partial charge in [-0.1, -0.05) is 24.6 Å². The van der Waals surface area contributed by atoms with Crippen LogP contribution in [0.15, 0.2) is 5.16 Å².